The number of carbonyl (C=O) groups excluding carboxylic acids is 2. The Morgan fingerprint density at radius 2 is 1.13 bits per heavy atom. The molecule has 0 spiro atoms. The summed E-state index contributed by atoms with van der Waals surface area (Å²) in [6, 6.07) is 10.3. The van der Waals surface area contributed by atoms with Crippen molar-refractivity contribution < 1.29 is 19.8 Å². The standard InChI is InChI=1S/C18H10Br2N6O4/c19-7-1-3-11-9(5-7)13(15(27)21-11)23-25-17(29)18(30)26-24-14-10-6-8(20)2-4-12(10)22-16(14)28/h1-6,21-22,27-28H. The van der Waals surface area contributed by atoms with Crippen LogP contribution in [0, 0.1) is 0 Å². The third kappa shape index (κ3) is 3.74. The molecular formula is C18H10Br2N6O4. The highest BCUT2D eigenvalue weighted by Crippen LogP contribution is 2.38. The Hall–Kier alpha value is -3.38. The van der Waals surface area contributed by atoms with E-state index in [9.17, 15) is 19.8 Å². The van der Waals surface area contributed by atoms with Crippen LogP contribution in [0.3, 0.4) is 0 Å². The molecule has 2 aromatic carbocycles. The fourth-order valence-corrected chi connectivity index (χ4v) is 3.47. The van der Waals surface area contributed by atoms with Gasteiger partial charge in [0, 0.05) is 19.7 Å². The smallest absolute Gasteiger partial charge is 0.357 e. The number of benzene rings is 2. The molecule has 30 heavy (non-hydrogen) atoms. The Morgan fingerprint density at radius 1 is 0.733 bits per heavy atom. The van der Waals surface area contributed by atoms with Gasteiger partial charge in [-0.2, -0.15) is 0 Å². The first kappa shape index (κ1) is 19.9. The topological polar surface area (TPSA) is 156 Å². The molecule has 4 N–H and O–H groups in total. The van der Waals surface area contributed by atoms with Crippen molar-refractivity contribution in [3.8, 4) is 11.8 Å². The van der Waals surface area contributed by atoms with Crippen molar-refractivity contribution in [2.45, 2.75) is 0 Å². The van der Waals surface area contributed by atoms with E-state index in [-0.39, 0.29) is 23.1 Å². The molecule has 0 atom stereocenters. The number of aromatic nitrogens is 2. The van der Waals surface area contributed by atoms with Gasteiger partial charge in [-0.15, -0.1) is 20.5 Å². The molecule has 0 fully saturated rings. The van der Waals surface area contributed by atoms with Crippen LogP contribution in [0.5, 0.6) is 11.8 Å². The lowest BCUT2D eigenvalue weighted by Gasteiger charge is -1.93. The van der Waals surface area contributed by atoms with Gasteiger partial charge in [0.2, 0.25) is 11.8 Å². The van der Waals surface area contributed by atoms with Crippen molar-refractivity contribution in [1.82, 2.24) is 9.97 Å². The minimum absolute atomic E-state index is 0.00325. The number of hydrogen-bond acceptors (Lipinski definition) is 6. The molecule has 4 aromatic rings. The molecule has 0 radical (unpaired) electrons. The largest absolute Gasteiger partial charge is 0.493 e. The molecule has 12 heteroatoms. The SMILES string of the molecule is O=C(N=Nc1c(O)[nH]c2ccc(Br)cc12)C(=O)N=Nc1c(O)[nH]c2ccc(Br)cc12. The van der Waals surface area contributed by atoms with Crippen molar-refractivity contribution in [1.29, 1.82) is 0 Å². The van der Waals surface area contributed by atoms with Crippen LogP contribution in [0.25, 0.3) is 21.8 Å². The molecule has 0 aliphatic rings. The van der Waals surface area contributed by atoms with E-state index in [4.69, 9.17) is 0 Å². The van der Waals surface area contributed by atoms with Crippen LogP contribution in [-0.4, -0.2) is 32.0 Å². The first-order chi connectivity index (χ1) is 14.3. The van der Waals surface area contributed by atoms with E-state index in [1.807, 2.05) is 0 Å². The van der Waals surface area contributed by atoms with Crippen LogP contribution in [0.4, 0.5) is 11.4 Å². The predicted molar refractivity (Wildman–Crippen MR) is 114 cm³/mol. The van der Waals surface area contributed by atoms with Crippen molar-refractivity contribution in [3.63, 3.8) is 0 Å². The average molecular weight is 534 g/mol. The highest BCUT2D eigenvalue weighted by molar-refractivity contribution is 9.10. The number of nitrogens with zero attached hydrogens (tertiary/aromatic N) is 4. The summed E-state index contributed by atoms with van der Waals surface area (Å²) in [4.78, 5) is 29.3. The molecule has 2 heterocycles. The first-order valence-electron chi connectivity index (χ1n) is 8.25. The maximum absolute atomic E-state index is 12.0. The maximum atomic E-state index is 12.0. The van der Waals surface area contributed by atoms with E-state index in [1.54, 1.807) is 36.4 Å². The van der Waals surface area contributed by atoms with Gasteiger partial charge in [0.05, 0.1) is 11.0 Å². The zero-order chi connectivity index (χ0) is 21.4. The molecular weight excluding hydrogens is 524 g/mol. The summed E-state index contributed by atoms with van der Waals surface area (Å²) in [7, 11) is 0. The number of amides is 2. The summed E-state index contributed by atoms with van der Waals surface area (Å²) in [5, 5.41) is 34.9. The molecule has 0 bridgehead atoms. The van der Waals surface area contributed by atoms with Crippen LogP contribution in [0.15, 0.2) is 65.8 Å². The fourth-order valence-electron chi connectivity index (χ4n) is 2.75. The van der Waals surface area contributed by atoms with Crippen molar-refractivity contribution in [3.05, 3.63) is 45.3 Å². The molecule has 0 saturated carbocycles. The summed E-state index contributed by atoms with van der Waals surface area (Å²) in [5.74, 6) is -3.18. The number of rotatable bonds is 2. The maximum Gasteiger partial charge on any atom is 0.357 e. The number of fused-ring (bicyclic) bond motifs is 2. The number of azo groups is 2. The van der Waals surface area contributed by atoms with Gasteiger partial charge in [-0.1, -0.05) is 31.9 Å². The third-order valence-electron chi connectivity index (χ3n) is 4.09. The van der Waals surface area contributed by atoms with Crippen LogP contribution in [-0.2, 0) is 9.59 Å². The van der Waals surface area contributed by atoms with Gasteiger partial charge < -0.3 is 20.2 Å². The van der Waals surface area contributed by atoms with Gasteiger partial charge >= 0.3 is 11.8 Å². The minimum atomic E-state index is -1.29. The van der Waals surface area contributed by atoms with Gasteiger partial charge in [0.1, 0.15) is 0 Å². The summed E-state index contributed by atoms with van der Waals surface area (Å²) >= 11 is 6.61. The highest BCUT2D eigenvalue weighted by atomic mass is 79.9. The molecule has 2 amide bonds. The monoisotopic (exact) mass is 532 g/mol. The first-order valence-corrected chi connectivity index (χ1v) is 9.84. The van der Waals surface area contributed by atoms with Gasteiger partial charge in [-0.25, -0.2) is 0 Å². The number of carbonyl (C=O) groups is 2. The zero-order valence-electron chi connectivity index (χ0n) is 14.7. The van der Waals surface area contributed by atoms with E-state index in [0.29, 0.717) is 21.8 Å². The Kier molecular flexibility index (Phi) is 5.18. The Bertz CT molecular complexity index is 1280. The summed E-state index contributed by atoms with van der Waals surface area (Å²) in [5.41, 5.74) is 1.15. The Labute approximate surface area is 184 Å². The minimum Gasteiger partial charge on any atom is -0.493 e. The molecule has 150 valence electrons. The summed E-state index contributed by atoms with van der Waals surface area (Å²) in [6.45, 7) is 0. The summed E-state index contributed by atoms with van der Waals surface area (Å²) in [6.07, 6.45) is 0. The lowest BCUT2D eigenvalue weighted by molar-refractivity contribution is -0.135. The number of nitrogens with one attached hydrogen (secondary N) is 2. The van der Waals surface area contributed by atoms with E-state index < -0.39 is 11.8 Å². The van der Waals surface area contributed by atoms with E-state index in [2.05, 4.69) is 62.3 Å². The number of aromatic amines is 2. The lowest BCUT2D eigenvalue weighted by atomic mass is 10.2. The van der Waals surface area contributed by atoms with Gasteiger partial charge in [-0.05, 0) is 36.4 Å². The second-order valence-corrected chi connectivity index (χ2v) is 7.87. The fraction of sp³-hybridized carbons (Fsp3) is 0. The zero-order valence-corrected chi connectivity index (χ0v) is 17.9. The van der Waals surface area contributed by atoms with Crippen molar-refractivity contribution in [2.75, 3.05) is 0 Å². The number of halogens is 2. The molecule has 0 aliphatic carbocycles. The molecule has 4 rings (SSSR count). The van der Waals surface area contributed by atoms with Crippen LogP contribution >= 0.6 is 31.9 Å². The van der Waals surface area contributed by atoms with Crippen LogP contribution in [0.1, 0.15) is 0 Å². The third-order valence-corrected chi connectivity index (χ3v) is 5.08. The van der Waals surface area contributed by atoms with Crippen LogP contribution in [0.2, 0.25) is 0 Å². The number of hydrogen-bond donors (Lipinski definition) is 4. The van der Waals surface area contributed by atoms with Crippen molar-refractivity contribution in [2.24, 2.45) is 20.5 Å². The van der Waals surface area contributed by atoms with Crippen molar-refractivity contribution >= 4 is 76.9 Å². The Balaban J connectivity index is 1.57. The van der Waals surface area contributed by atoms with E-state index >= 15 is 0 Å². The van der Waals surface area contributed by atoms with Gasteiger partial charge in [-0.3, -0.25) is 9.59 Å². The molecule has 0 aliphatic heterocycles. The predicted octanol–water partition coefficient (Wildman–Crippen LogP) is 5.51. The second-order valence-electron chi connectivity index (χ2n) is 6.03. The Morgan fingerprint density at radius 3 is 1.53 bits per heavy atom. The van der Waals surface area contributed by atoms with Gasteiger partial charge in [0.15, 0.2) is 11.4 Å². The van der Waals surface area contributed by atoms with Crippen LogP contribution < -0.4 is 0 Å². The molecule has 0 unspecified atom stereocenters. The normalized spacial score (nSPS) is 11.9. The number of aromatic hydroxyl groups is 2. The van der Waals surface area contributed by atoms with E-state index in [0.717, 1.165) is 8.95 Å². The average Bonchev–Trinajstić information content (AvgIpc) is 3.18. The highest BCUT2D eigenvalue weighted by Gasteiger charge is 2.17. The lowest BCUT2D eigenvalue weighted by Crippen LogP contribution is -2.06. The number of H-pyrrole nitrogens is 2. The van der Waals surface area contributed by atoms with E-state index in [1.165, 1.54) is 0 Å². The molecule has 0 saturated heterocycles. The van der Waals surface area contributed by atoms with Gasteiger partial charge in [0.25, 0.3) is 0 Å². The summed E-state index contributed by atoms with van der Waals surface area (Å²) < 4.78 is 1.46. The molecule has 2 aromatic heterocycles. The quantitative estimate of drug-likeness (QED) is 0.198. The molecule has 10 nitrogen and oxygen atoms in total. The second kappa shape index (κ2) is 7.80.